The van der Waals surface area contributed by atoms with E-state index in [0.717, 1.165) is 18.9 Å². The molecule has 1 aromatic heterocycles. The highest BCUT2D eigenvalue weighted by Gasteiger charge is 2.34. The lowest BCUT2D eigenvalue weighted by atomic mass is 9.96. The van der Waals surface area contributed by atoms with E-state index in [4.69, 9.17) is 0 Å². The first-order chi connectivity index (χ1) is 13.7. The van der Waals surface area contributed by atoms with Gasteiger partial charge in [0.2, 0.25) is 5.95 Å². The maximum atomic E-state index is 13.1. The highest BCUT2D eigenvalue weighted by atomic mass is 19.4. The van der Waals surface area contributed by atoms with Crippen LogP contribution in [0.3, 0.4) is 0 Å². The summed E-state index contributed by atoms with van der Waals surface area (Å²) < 4.78 is 39.3. The lowest BCUT2D eigenvalue weighted by Gasteiger charge is -2.32. The van der Waals surface area contributed by atoms with Crippen molar-refractivity contribution in [2.75, 3.05) is 43.9 Å². The zero-order valence-electron chi connectivity index (χ0n) is 16.4. The van der Waals surface area contributed by atoms with Gasteiger partial charge in [0.15, 0.2) is 5.69 Å². The molecule has 0 spiro atoms. The summed E-state index contributed by atoms with van der Waals surface area (Å²) in [5.41, 5.74) is -0.306. The number of hydrogen-bond acceptors (Lipinski definition) is 5. The fourth-order valence-electron chi connectivity index (χ4n) is 3.23. The monoisotopic (exact) mass is 407 g/mol. The number of alkyl halides is 3. The molecule has 1 aliphatic rings. The Balaban J connectivity index is 1.58. The minimum absolute atomic E-state index is 0.00819. The summed E-state index contributed by atoms with van der Waals surface area (Å²) in [6.07, 6.45) is -3.00. The number of piperidine rings is 1. The van der Waals surface area contributed by atoms with Crippen molar-refractivity contribution < 1.29 is 18.0 Å². The number of likely N-dealkylation sites (tertiary alicyclic amines) is 1. The van der Waals surface area contributed by atoms with E-state index in [-0.39, 0.29) is 23.6 Å². The molecule has 2 aromatic rings. The van der Waals surface area contributed by atoms with Crippen molar-refractivity contribution in [1.29, 1.82) is 0 Å². The zero-order valence-corrected chi connectivity index (χ0v) is 16.4. The first kappa shape index (κ1) is 20.9. The number of benzene rings is 1. The summed E-state index contributed by atoms with van der Waals surface area (Å²) in [6.45, 7) is 1.69. The number of aromatic nitrogens is 2. The van der Waals surface area contributed by atoms with Gasteiger partial charge in [0.1, 0.15) is 5.82 Å². The van der Waals surface area contributed by atoms with Crippen LogP contribution >= 0.6 is 0 Å². The van der Waals surface area contributed by atoms with Gasteiger partial charge in [-0.05, 0) is 30.9 Å². The van der Waals surface area contributed by atoms with Gasteiger partial charge in [-0.15, -0.1) is 0 Å². The molecule has 0 atom stereocenters. The SMILES string of the molecule is CN(C)c1cc(C(F)(F)F)nc(NCC2CCN(C(=O)c3ccccc3)CC2)n1. The molecule has 1 aromatic carbocycles. The number of rotatable bonds is 5. The third-order valence-corrected chi connectivity index (χ3v) is 4.93. The second-order valence-corrected chi connectivity index (χ2v) is 7.31. The van der Waals surface area contributed by atoms with Crippen LogP contribution in [0.1, 0.15) is 28.9 Å². The van der Waals surface area contributed by atoms with Gasteiger partial charge in [-0.1, -0.05) is 18.2 Å². The van der Waals surface area contributed by atoms with Crippen molar-refractivity contribution >= 4 is 17.7 Å². The van der Waals surface area contributed by atoms with E-state index in [9.17, 15) is 18.0 Å². The Bertz CT molecular complexity index is 834. The van der Waals surface area contributed by atoms with Crippen molar-refractivity contribution in [2.45, 2.75) is 19.0 Å². The summed E-state index contributed by atoms with van der Waals surface area (Å²) in [5.74, 6) is 0.397. The number of anilines is 2. The Kier molecular flexibility index (Phi) is 6.24. The van der Waals surface area contributed by atoms with Gasteiger partial charge < -0.3 is 15.1 Å². The molecule has 1 amide bonds. The minimum Gasteiger partial charge on any atom is -0.363 e. The van der Waals surface area contributed by atoms with Gasteiger partial charge in [-0.25, -0.2) is 4.98 Å². The number of amides is 1. The van der Waals surface area contributed by atoms with Crippen LogP contribution in [0.5, 0.6) is 0 Å². The van der Waals surface area contributed by atoms with E-state index in [2.05, 4.69) is 15.3 Å². The molecule has 0 aliphatic carbocycles. The summed E-state index contributed by atoms with van der Waals surface area (Å²) in [7, 11) is 3.26. The predicted octanol–water partition coefficient (Wildman–Crippen LogP) is 3.53. The van der Waals surface area contributed by atoms with Crippen molar-refractivity contribution in [3.8, 4) is 0 Å². The maximum Gasteiger partial charge on any atom is 0.433 e. The van der Waals surface area contributed by atoms with Gasteiger partial charge in [0.25, 0.3) is 5.91 Å². The molecule has 3 rings (SSSR count). The second kappa shape index (κ2) is 8.67. The van der Waals surface area contributed by atoms with E-state index >= 15 is 0 Å². The minimum atomic E-state index is -4.53. The Morgan fingerprint density at radius 1 is 1.17 bits per heavy atom. The molecule has 1 aliphatic heterocycles. The topological polar surface area (TPSA) is 61.4 Å². The fraction of sp³-hybridized carbons (Fsp3) is 0.450. The van der Waals surface area contributed by atoms with Crippen LogP contribution < -0.4 is 10.2 Å². The molecule has 0 unspecified atom stereocenters. The molecular formula is C20H24F3N5O. The van der Waals surface area contributed by atoms with Crippen LogP contribution in [0.4, 0.5) is 24.9 Å². The Labute approximate surface area is 167 Å². The lowest BCUT2D eigenvalue weighted by molar-refractivity contribution is -0.141. The largest absolute Gasteiger partial charge is 0.433 e. The average Bonchev–Trinajstić information content (AvgIpc) is 2.72. The molecule has 1 saturated heterocycles. The van der Waals surface area contributed by atoms with Gasteiger partial charge in [0, 0.05) is 45.4 Å². The third-order valence-electron chi connectivity index (χ3n) is 4.93. The van der Waals surface area contributed by atoms with Crippen LogP contribution in [-0.2, 0) is 6.18 Å². The quantitative estimate of drug-likeness (QED) is 0.822. The lowest BCUT2D eigenvalue weighted by Crippen LogP contribution is -2.40. The van der Waals surface area contributed by atoms with Gasteiger partial charge in [0.05, 0.1) is 0 Å². The molecule has 29 heavy (non-hydrogen) atoms. The number of carbonyl (C=O) groups is 1. The fourth-order valence-corrected chi connectivity index (χ4v) is 3.23. The predicted molar refractivity (Wildman–Crippen MR) is 105 cm³/mol. The number of halogens is 3. The van der Waals surface area contributed by atoms with E-state index in [1.54, 1.807) is 26.2 Å². The first-order valence-corrected chi connectivity index (χ1v) is 9.46. The van der Waals surface area contributed by atoms with E-state index in [1.807, 2.05) is 23.1 Å². The van der Waals surface area contributed by atoms with Gasteiger partial charge in [-0.2, -0.15) is 18.2 Å². The summed E-state index contributed by atoms with van der Waals surface area (Å²) in [5, 5.41) is 2.95. The number of nitrogens with one attached hydrogen (secondary N) is 1. The van der Waals surface area contributed by atoms with Crippen molar-refractivity contribution in [3.05, 3.63) is 47.7 Å². The Hall–Kier alpha value is -2.84. The molecule has 1 N–H and O–H groups in total. The van der Waals surface area contributed by atoms with Crippen molar-refractivity contribution in [1.82, 2.24) is 14.9 Å². The molecule has 0 saturated carbocycles. The third kappa shape index (κ3) is 5.36. The number of nitrogens with zero attached hydrogens (tertiary/aromatic N) is 4. The Morgan fingerprint density at radius 3 is 2.41 bits per heavy atom. The highest BCUT2D eigenvalue weighted by Crippen LogP contribution is 2.30. The molecule has 2 heterocycles. The smallest absolute Gasteiger partial charge is 0.363 e. The molecule has 0 bridgehead atoms. The van der Waals surface area contributed by atoms with E-state index in [0.29, 0.717) is 25.2 Å². The van der Waals surface area contributed by atoms with Crippen LogP contribution in [0.25, 0.3) is 0 Å². The second-order valence-electron chi connectivity index (χ2n) is 7.31. The van der Waals surface area contributed by atoms with Crippen molar-refractivity contribution in [3.63, 3.8) is 0 Å². The molecular weight excluding hydrogens is 383 g/mol. The van der Waals surface area contributed by atoms with Crippen molar-refractivity contribution in [2.24, 2.45) is 5.92 Å². The van der Waals surface area contributed by atoms with Crippen LogP contribution in [0.15, 0.2) is 36.4 Å². The summed E-state index contributed by atoms with van der Waals surface area (Å²) >= 11 is 0. The zero-order chi connectivity index (χ0) is 21.0. The normalized spacial score (nSPS) is 15.3. The highest BCUT2D eigenvalue weighted by molar-refractivity contribution is 5.94. The maximum absolute atomic E-state index is 13.1. The molecule has 6 nitrogen and oxygen atoms in total. The molecule has 1 fully saturated rings. The van der Waals surface area contributed by atoms with Crippen LogP contribution in [-0.4, -0.2) is 54.5 Å². The summed E-state index contributed by atoms with van der Waals surface area (Å²) in [4.78, 5) is 23.6. The average molecular weight is 407 g/mol. The van der Waals surface area contributed by atoms with E-state index in [1.165, 1.54) is 4.90 Å². The first-order valence-electron chi connectivity index (χ1n) is 9.46. The number of hydrogen-bond donors (Lipinski definition) is 1. The Morgan fingerprint density at radius 2 is 1.83 bits per heavy atom. The van der Waals surface area contributed by atoms with Gasteiger partial charge >= 0.3 is 6.18 Å². The standard InChI is InChI=1S/C20H24F3N5O/c1-27(2)17-12-16(20(21,22)23)25-19(26-17)24-13-14-8-10-28(11-9-14)18(29)15-6-4-3-5-7-15/h3-7,12,14H,8-11,13H2,1-2H3,(H,24,25,26). The summed E-state index contributed by atoms with van der Waals surface area (Å²) in [6, 6.07) is 10.1. The molecule has 156 valence electrons. The van der Waals surface area contributed by atoms with E-state index < -0.39 is 11.9 Å². The molecule has 0 radical (unpaired) electrons. The molecule has 9 heteroatoms. The van der Waals surface area contributed by atoms with Crippen LogP contribution in [0.2, 0.25) is 0 Å². The van der Waals surface area contributed by atoms with Gasteiger partial charge in [-0.3, -0.25) is 4.79 Å². The number of carbonyl (C=O) groups excluding carboxylic acids is 1. The van der Waals surface area contributed by atoms with Crippen LogP contribution in [0, 0.1) is 5.92 Å².